The van der Waals surface area contributed by atoms with E-state index < -0.39 is 12.3 Å². The monoisotopic (exact) mass is 154 g/mol. The fourth-order valence-electron chi connectivity index (χ4n) is 0.426. The zero-order valence-corrected chi connectivity index (χ0v) is 6.24. The second-order valence-corrected chi connectivity index (χ2v) is 2.93. The van der Waals surface area contributed by atoms with Gasteiger partial charge in [-0.1, -0.05) is 0 Å². The van der Waals surface area contributed by atoms with E-state index in [1.165, 1.54) is 0 Å². The Hall–Kier alpha value is -0.510. The molecular weight excluding hydrogens is 143 g/mol. The Morgan fingerprint density at radius 2 is 1.70 bits per heavy atom. The quantitative estimate of drug-likeness (QED) is 0.532. The lowest BCUT2D eigenvalue weighted by Gasteiger charge is -2.17. The van der Waals surface area contributed by atoms with E-state index in [2.05, 4.69) is 0 Å². The molecule has 0 rings (SSSR count). The van der Waals surface area contributed by atoms with Crippen LogP contribution in [0.4, 0.5) is 13.2 Å². The Kier molecular flexibility index (Phi) is 2.90. The van der Waals surface area contributed by atoms with Gasteiger partial charge in [-0.25, -0.2) is 8.78 Å². The van der Waals surface area contributed by atoms with Crippen molar-refractivity contribution in [2.75, 3.05) is 21.1 Å². The second kappa shape index (κ2) is 3.05. The number of nitrogens with zero attached hydrogens (tertiary/aromatic N) is 1. The van der Waals surface area contributed by atoms with Gasteiger partial charge in [-0.05, 0) is 0 Å². The molecule has 60 valence electrons. The van der Waals surface area contributed by atoms with Crippen LogP contribution in [0.1, 0.15) is 0 Å². The Bertz CT molecular complexity index is 134. The summed E-state index contributed by atoms with van der Waals surface area (Å²) in [5.74, 6) is -1.37. The highest BCUT2D eigenvalue weighted by atomic mass is 19.3. The fourth-order valence-corrected chi connectivity index (χ4v) is 0.426. The Morgan fingerprint density at radius 1 is 1.30 bits per heavy atom. The zero-order chi connectivity index (χ0) is 8.36. The van der Waals surface area contributed by atoms with Crippen molar-refractivity contribution in [2.24, 2.45) is 0 Å². The Labute approximate surface area is 58.3 Å². The summed E-state index contributed by atoms with van der Waals surface area (Å²) >= 11 is 0. The number of hydrogen-bond donors (Lipinski definition) is 0. The summed E-state index contributed by atoms with van der Waals surface area (Å²) in [5.41, 5.74) is 0. The van der Waals surface area contributed by atoms with E-state index in [-0.39, 0.29) is 4.48 Å². The molecule has 0 unspecified atom stereocenters. The van der Waals surface area contributed by atoms with Gasteiger partial charge in [-0.2, -0.15) is 4.39 Å². The molecule has 0 fully saturated rings. The summed E-state index contributed by atoms with van der Waals surface area (Å²) in [7, 11) is 4.80. The van der Waals surface area contributed by atoms with Crippen LogP contribution < -0.4 is 0 Å². The van der Waals surface area contributed by atoms with Gasteiger partial charge in [-0.15, -0.1) is 0 Å². The third-order valence-corrected chi connectivity index (χ3v) is 0.719. The molecular formula is C6H11F3N+. The van der Waals surface area contributed by atoms with Crippen LogP contribution in [-0.2, 0) is 0 Å². The average Bonchev–Trinajstić information content (AvgIpc) is 1.60. The van der Waals surface area contributed by atoms with Crippen molar-refractivity contribution in [3.05, 3.63) is 12.0 Å². The van der Waals surface area contributed by atoms with E-state index in [9.17, 15) is 13.2 Å². The van der Waals surface area contributed by atoms with E-state index in [1.54, 1.807) is 21.1 Å². The van der Waals surface area contributed by atoms with Crippen LogP contribution in [0.2, 0.25) is 0 Å². The lowest BCUT2D eigenvalue weighted by molar-refractivity contribution is -0.818. The summed E-state index contributed by atoms with van der Waals surface area (Å²) in [6, 6.07) is 0. The van der Waals surface area contributed by atoms with Gasteiger partial charge in [0.15, 0.2) is 0 Å². The third-order valence-electron chi connectivity index (χ3n) is 0.719. The van der Waals surface area contributed by atoms with Crippen LogP contribution in [0.15, 0.2) is 12.0 Å². The Morgan fingerprint density at radius 3 is 1.80 bits per heavy atom. The first-order chi connectivity index (χ1) is 4.33. The standard InChI is InChI=1S/C6H11F3N/c1-10(2,3)4-5(7)6(8)9/h4,6H,1-3H3/q+1/b5-4-. The molecule has 0 bridgehead atoms. The van der Waals surface area contributed by atoms with Crippen molar-refractivity contribution in [3.8, 4) is 0 Å². The van der Waals surface area contributed by atoms with Gasteiger partial charge in [0.1, 0.15) is 6.20 Å². The van der Waals surface area contributed by atoms with Crippen molar-refractivity contribution in [1.82, 2.24) is 0 Å². The number of hydrogen-bond acceptors (Lipinski definition) is 0. The molecule has 0 aromatic rings. The molecule has 0 heterocycles. The molecule has 0 amide bonds. The van der Waals surface area contributed by atoms with Crippen molar-refractivity contribution in [2.45, 2.75) is 6.43 Å². The highest BCUT2D eigenvalue weighted by Crippen LogP contribution is 2.11. The number of alkyl halides is 2. The molecule has 0 radical (unpaired) electrons. The maximum absolute atomic E-state index is 12.1. The van der Waals surface area contributed by atoms with Crippen LogP contribution in [0.5, 0.6) is 0 Å². The molecule has 0 saturated heterocycles. The minimum atomic E-state index is -2.99. The maximum Gasteiger partial charge on any atom is 0.294 e. The predicted molar refractivity (Wildman–Crippen MR) is 33.2 cm³/mol. The van der Waals surface area contributed by atoms with Crippen molar-refractivity contribution in [1.29, 1.82) is 0 Å². The van der Waals surface area contributed by atoms with Crippen molar-refractivity contribution < 1.29 is 17.7 Å². The van der Waals surface area contributed by atoms with Gasteiger partial charge < -0.3 is 4.48 Å². The van der Waals surface area contributed by atoms with Gasteiger partial charge >= 0.3 is 0 Å². The number of rotatable bonds is 2. The summed E-state index contributed by atoms with van der Waals surface area (Å²) < 4.78 is 35.2. The molecule has 0 saturated carbocycles. The first-order valence-corrected chi connectivity index (χ1v) is 2.80. The van der Waals surface area contributed by atoms with Gasteiger partial charge in [0, 0.05) is 0 Å². The number of allylic oxidation sites excluding steroid dienone is 1. The normalized spacial score (nSPS) is 14.5. The van der Waals surface area contributed by atoms with Gasteiger partial charge in [0.2, 0.25) is 5.83 Å². The summed E-state index contributed by atoms with van der Waals surface area (Å²) in [6.07, 6.45) is -2.12. The van der Waals surface area contributed by atoms with Crippen LogP contribution in [0.3, 0.4) is 0 Å². The lowest BCUT2D eigenvalue weighted by Crippen LogP contribution is -2.27. The zero-order valence-electron chi connectivity index (χ0n) is 6.24. The molecule has 0 spiro atoms. The van der Waals surface area contributed by atoms with Crippen LogP contribution in [-0.4, -0.2) is 32.1 Å². The van der Waals surface area contributed by atoms with E-state index in [1.807, 2.05) is 0 Å². The molecule has 0 aromatic heterocycles. The first-order valence-electron chi connectivity index (χ1n) is 2.80. The highest BCUT2D eigenvalue weighted by Gasteiger charge is 2.15. The molecule has 0 aliphatic carbocycles. The topological polar surface area (TPSA) is 0 Å². The average molecular weight is 154 g/mol. The molecule has 0 aliphatic heterocycles. The molecule has 4 heteroatoms. The van der Waals surface area contributed by atoms with Gasteiger partial charge in [0.25, 0.3) is 6.43 Å². The summed E-state index contributed by atoms with van der Waals surface area (Å²) in [5, 5.41) is 0. The largest absolute Gasteiger partial charge is 0.302 e. The van der Waals surface area contributed by atoms with E-state index in [0.717, 1.165) is 6.20 Å². The first kappa shape index (κ1) is 9.49. The minimum absolute atomic E-state index is 0.0656. The molecule has 0 aliphatic rings. The summed E-state index contributed by atoms with van der Waals surface area (Å²) in [6.45, 7) is 0. The van der Waals surface area contributed by atoms with Crippen LogP contribution in [0.25, 0.3) is 0 Å². The molecule has 0 atom stereocenters. The smallest absolute Gasteiger partial charge is 0.294 e. The van der Waals surface area contributed by atoms with Gasteiger partial charge in [-0.3, -0.25) is 0 Å². The SMILES string of the molecule is C[N+](C)(C)/C=C(\F)C(F)F. The second-order valence-electron chi connectivity index (χ2n) is 2.93. The highest BCUT2D eigenvalue weighted by molar-refractivity contribution is 4.88. The van der Waals surface area contributed by atoms with E-state index >= 15 is 0 Å². The molecule has 0 aromatic carbocycles. The summed E-state index contributed by atoms with van der Waals surface area (Å²) in [4.78, 5) is 0. The third kappa shape index (κ3) is 4.38. The lowest BCUT2D eigenvalue weighted by atomic mass is 10.5. The maximum atomic E-state index is 12.1. The predicted octanol–water partition coefficient (Wildman–Crippen LogP) is 1.77. The number of halogens is 3. The van der Waals surface area contributed by atoms with E-state index in [4.69, 9.17) is 0 Å². The molecule has 1 nitrogen and oxygen atoms in total. The molecule has 0 N–H and O–H groups in total. The van der Waals surface area contributed by atoms with Crippen LogP contribution in [0, 0.1) is 0 Å². The molecule has 10 heavy (non-hydrogen) atoms. The Balaban J connectivity index is 4.17. The van der Waals surface area contributed by atoms with E-state index in [0.29, 0.717) is 0 Å². The van der Waals surface area contributed by atoms with Gasteiger partial charge in [0.05, 0.1) is 21.1 Å². The van der Waals surface area contributed by atoms with Crippen LogP contribution >= 0.6 is 0 Å². The van der Waals surface area contributed by atoms with Crippen molar-refractivity contribution >= 4 is 0 Å². The fraction of sp³-hybridized carbons (Fsp3) is 0.667. The van der Waals surface area contributed by atoms with Crippen molar-refractivity contribution in [3.63, 3.8) is 0 Å². The number of quaternary nitrogens is 1. The minimum Gasteiger partial charge on any atom is -0.302 e.